The minimum absolute atomic E-state index is 0.263. The Labute approximate surface area is 132 Å². The van der Waals surface area contributed by atoms with E-state index in [1.807, 2.05) is 6.92 Å². The summed E-state index contributed by atoms with van der Waals surface area (Å²) in [6.07, 6.45) is 0. The number of aromatic nitrogens is 1. The van der Waals surface area contributed by atoms with Crippen LogP contribution in [-0.4, -0.2) is 13.4 Å². The molecule has 0 aliphatic carbocycles. The third kappa shape index (κ3) is 3.36. The molecule has 0 aromatic carbocycles. The molecule has 4 nitrogen and oxygen atoms in total. The average Bonchev–Trinajstić information content (AvgIpc) is 2.65. The molecule has 0 aliphatic heterocycles. The Morgan fingerprint density at radius 1 is 1.26 bits per heavy atom. The van der Waals surface area contributed by atoms with Crippen molar-refractivity contribution in [2.75, 3.05) is 4.72 Å². The Kier molecular flexibility index (Phi) is 4.34. The second-order valence-corrected chi connectivity index (χ2v) is 9.03. The van der Waals surface area contributed by atoms with Gasteiger partial charge in [-0.05, 0) is 69.5 Å². The van der Waals surface area contributed by atoms with Crippen molar-refractivity contribution in [2.24, 2.45) is 0 Å². The predicted molar refractivity (Wildman–Crippen MR) is 84.2 cm³/mol. The van der Waals surface area contributed by atoms with Crippen LogP contribution in [0.3, 0.4) is 0 Å². The molecule has 8 heteroatoms. The number of nitrogens with one attached hydrogen (secondary N) is 1. The van der Waals surface area contributed by atoms with Gasteiger partial charge in [-0.25, -0.2) is 13.4 Å². The molecular weight excluding hydrogens is 416 g/mol. The van der Waals surface area contributed by atoms with Gasteiger partial charge in [-0.1, -0.05) is 0 Å². The summed E-state index contributed by atoms with van der Waals surface area (Å²) in [6.45, 7) is 3.65. The van der Waals surface area contributed by atoms with E-state index in [0.717, 1.165) is 19.5 Å². The molecule has 0 bridgehead atoms. The van der Waals surface area contributed by atoms with E-state index < -0.39 is 10.0 Å². The van der Waals surface area contributed by atoms with Crippen molar-refractivity contribution in [3.8, 4) is 0 Å². The van der Waals surface area contributed by atoms with Crippen molar-refractivity contribution in [2.45, 2.75) is 18.1 Å². The molecule has 2 heterocycles. The molecule has 0 saturated carbocycles. The van der Waals surface area contributed by atoms with Crippen LogP contribution in [0.15, 0.2) is 30.7 Å². The van der Waals surface area contributed by atoms with Gasteiger partial charge < -0.3 is 0 Å². The number of sulfonamides is 1. The number of anilines is 1. The largest absolute Gasteiger partial charge is 0.272 e. The standard InChI is InChI=1S/C11H10Br2N2O2S2/c1-6-5-10(18-11(6)13)19(16,17)15-9-4-3-8(12)7(2)14-9/h3-5H,1-2H3,(H,14,15). The molecule has 0 amide bonds. The summed E-state index contributed by atoms with van der Waals surface area (Å²) in [6, 6.07) is 5.00. The lowest BCUT2D eigenvalue weighted by Gasteiger charge is -2.06. The number of hydrogen-bond acceptors (Lipinski definition) is 4. The fourth-order valence-corrected chi connectivity index (χ4v) is 4.80. The Morgan fingerprint density at radius 2 is 1.95 bits per heavy atom. The third-order valence-corrected chi connectivity index (χ3v) is 7.16. The van der Waals surface area contributed by atoms with Crippen molar-refractivity contribution in [3.63, 3.8) is 0 Å². The molecular formula is C11H10Br2N2O2S2. The molecule has 0 atom stereocenters. The summed E-state index contributed by atoms with van der Waals surface area (Å²) in [7, 11) is -3.58. The first kappa shape index (κ1) is 15.0. The Bertz CT molecular complexity index is 707. The number of pyridine rings is 1. The Morgan fingerprint density at radius 3 is 2.47 bits per heavy atom. The van der Waals surface area contributed by atoms with Crippen LogP contribution in [0.4, 0.5) is 5.82 Å². The molecule has 0 saturated heterocycles. The van der Waals surface area contributed by atoms with Gasteiger partial charge in [-0.15, -0.1) is 11.3 Å². The van der Waals surface area contributed by atoms with Crippen LogP contribution in [0.25, 0.3) is 0 Å². The molecule has 0 aliphatic rings. The Hall–Kier alpha value is -0.440. The van der Waals surface area contributed by atoms with E-state index in [2.05, 4.69) is 41.6 Å². The maximum atomic E-state index is 12.2. The van der Waals surface area contributed by atoms with Crippen LogP contribution in [-0.2, 0) is 10.0 Å². The molecule has 2 aromatic rings. The van der Waals surface area contributed by atoms with Gasteiger partial charge >= 0.3 is 0 Å². The minimum Gasteiger partial charge on any atom is -0.263 e. The number of nitrogens with zero attached hydrogens (tertiary/aromatic N) is 1. The molecule has 0 fully saturated rings. The maximum absolute atomic E-state index is 12.2. The summed E-state index contributed by atoms with van der Waals surface area (Å²) in [5.41, 5.74) is 1.62. The van der Waals surface area contributed by atoms with Crippen molar-refractivity contribution in [3.05, 3.63) is 37.7 Å². The van der Waals surface area contributed by atoms with E-state index in [1.165, 1.54) is 11.3 Å². The van der Waals surface area contributed by atoms with Gasteiger partial charge in [0.15, 0.2) is 0 Å². The summed E-state index contributed by atoms with van der Waals surface area (Å²) in [5, 5.41) is 0. The number of thiophene rings is 1. The molecule has 0 radical (unpaired) electrons. The van der Waals surface area contributed by atoms with Gasteiger partial charge in [0.25, 0.3) is 10.0 Å². The van der Waals surface area contributed by atoms with E-state index in [-0.39, 0.29) is 4.21 Å². The van der Waals surface area contributed by atoms with E-state index in [4.69, 9.17) is 0 Å². The first-order valence-electron chi connectivity index (χ1n) is 5.21. The second-order valence-electron chi connectivity index (χ2n) is 3.89. The summed E-state index contributed by atoms with van der Waals surface area (Å²) in [4.78, 5) is 4.17. The smallest absolute Gasteiger partial charge is 0.263 e. The predicted octanol–water partition coefficient (Wildman–Crippen LogP) is 4.09. The van der Waals surface area contributed by atoms with Gasteiger partial charge in [-0.2, -0.15) is 0 Å². The molecule has 102 valence electrons. The van der Waals surface area contributed by atoms with E-state index in [9.17, 15) is 8.42 Å². The molecule has 0 spiro atoms. The van der Waals surface area contributed by atoms with Gasteiger partial charge in [0, 0.05) is 4.47 Å². The van der Waals surface area contributed by atoms with Gasteiger partial charge in [0.05, 0.1) is 9.48 Å². The van der Waals surface area contributed by atoms with Crippen LogP contribution in [0.5, 0.6) is 0 Å². The third-order valence-electron chi connectivity index (χ3n) is 2.36. The van der Waals surface area contributed by atoms with Gasteiger partial charge in [0.1, 0.15) is 10.0 Å². The van der Waals surface area contributed by atoms with Crippen molar-refractivity contribution >= 4 is 59.0 Å². The fraction of sp³-hybridized carbons (Fsp3) is 0.182. The molecule has 1 N–H and O–H groups in total. The normalized spacial score (nSPS) is 11.6. The average molecular weight is 426 g/mol. The highest BCUT2D eigenvalue weighted by Gasteiger charge is 2.19. The topological polar surface area (TPSA) is 59.1 Å². The van der Waals surface area contributed by atoms with Gasteiger partial charge in [0.2, 0.25) is 0 Å². The molecule has 2 aromatic heterocycles. The molecule has 2 rings (SSSR count). The number of halogens is 2. The fourth-order valence-electron chi connectivity index (χ4n) is 1.35. The van der Waals surface area contributed by atoms with E-state index >= 15 is 0 Å². The van der Waals surface area contributed by atoms with Gasteiger partial charge in [-0.3, -0.25) is 4.72 Å². The van der Waals surface area contributed by atoms with E-state index in [0.29, 0.717) is 5.82 Å². The minimum atomic E-state index is -3.58. The van der Waals surface area contributed by atoms with Crippen LogP contribution in [0, 0.1) is 13.8 Å². The lowest BCUT2D eigenvalue weighted by Crippen LogP contribution is -2.12. The lowest BCUT2D eigenvalue weighted by molar-refractivity contribution is 0.603. The van der Waals surface area contributed by atoms with Crippen LogP contribution in [0.1, 0.15) is 11.3 Å². The van der Waals surface area contributed by atoms with Crippen LogP contribution >= 0.6 is 43.2 Å². The summed E-state index contributed by atoms with van der Waals surface area (Å²) >= 11 is 7.82. The molecule has 19 heavy (non-hydrogen) atoms. The highest BCUT2D eigenvalue weighted by Crippen LogP contribution is 2.31. The van der Waals surface area contributed by atoms with E-state index in [1.54, 1.807) is 25.1 Å². The zero-order valence-electron chi connectivity index (χ0n) is 10.1. The quantitative estimate of drug-likeness (QED) is 0.805. The first-order chi connectivity index (χ1) is 8.79. The highest BCUT2D eigenvalue weighted by molar-refractivity contribution is 9.11. The molecule has 0 unspecified atom stereocenters. The number of hydrogen-bond donors (Lipinski definition) is 1. The highest BCUT2D eigenvalue weighted by atomic mass is 79.9. The lowest BCUT2D eigenvalue weighted by atomic mass is 10.4. The monoisotopic (exact) mass is 424 g/mol. The zero-order chi connectivity index (χ0) is 14.2. The summed E-state index contributed by atoms with van der Waals surface area (Å²) in [5.74, 6) is 0.308. The number of rotatable bonds is 3. The zero-order valence-corrected chi connectivity index (χ0v) is 14.9. The van der Waals surface area contributed by atoms with Crippen molar-refractivity contribution in [1.29, 1.82) is 0 Å². The SMILES string of the molecule is Cc1cc(S(=O)(=O)Nc2ccc(Br)c(C)n2)sc1Br. The van der Waals surface area contributed by atoms with Crippen molar-refractivity contribution in [1.82, 2.24) is 4.98 Å². The Balaban J connectivity index is 2.33. The van der Waals surface area contributed by atoms with Crippen molar-refractivity contribution < 1.29 is 8.42 Å². The second kappa shape index (κ2) is 5.51. The first-order valence-corrected chi connectivity index (χ1v) is 9.10. The maximum Gasteiger partial charge on any atom is 0.272 e. The number of aryl methyl sites for hydroxylation is 2. The van der Waals surface area contributed by atoms with Crippen LogP contribution < -0.4 is 4.72 Å². The van der Waals surface area contributed by atoms with Crippen LogP contribution in [0.2, 0.25) is 0 Å². The summed E-state index contributed by atoms with van der Waals surface area (Å²) < 4.78 is 28.8.